The molecule has 1 heterocycles. The Morgan fingerprint density at radius 2 is 2.04 bits per heavy atom. The van der Waals surface area contributed by atoms with Gasteiger partial charge in [0.25, 0.3) is 0 Å². The molecule has 9 heteroatoms. The van der Waals surface area contributed by atoms with Crippen LogP contribution in [0.3, 0.4) is 0 Å². The van der Waals surface area contributed by atoms with E-state index in [-0.39, 0.29) is 17.3 Å². The number of likely N-dealkylation sites (N-methyl/N-ethyl adjacent to an activating group) is 1. The summed E-state index contributed by atoms with van der Waals surface area (Å²) in [5, 5.41) is 2.99. The average molecular weight is 466 g/mol. The number of rotatable bonds is 7. The monoisotopic (exact) mass is 464 g/mol. The molecule has 1 amide bonds. The van der Waals surface area contributed by atoms with E-state index in [1.54, 1.807) is 11.3 Å². The van der Waals surface area contributed by atoms with Crippen LogP contribution in [0.5, 0.6) is 0 Å². The van der Waals surface area contributed by atoms with Gasteiger partial charge < -0.3 is 5.32 Å². The largest absolute Gasteiger partial charge is 0.324 e. The first-order valence-corrected chi connectivity index (χ1v) is 11.3. The van der Waals surface area contributed by atoms with Crippen LogP contribution in [0.1, 0.15) is 11.8 Å². The summed E-state index contributed by atoms with van der Waals surface area (Å²) in [6.07, 6.45) is 1.11. The molecule has 2 rings (SSSR count). The lowest BCUT2D eigenvalue weighted by atomic mass is 10.3. The number of hydrogen-bond acceptors (Lipinski definition) is 5. The molecule has 0 saturated carbocycles. The molecule has 1 aromatic carbocycles. The fourth-order valence-corrected chi connectivity index (χ4v) is 4.50. The first kappa shape index (κ1) is 20.4. The molecule has 2 aromatic rings. The maximum atomic E-state index is 12.3. The van der Waals surface area contributed by atoms with Crippen LogP contribution in [0.25, 0.3) is 0 Å². The van der Waals surface area contributed by atoms with Crippen LogP contribution in [0.2, 0.25) is 5.02 Å². The number of carbonyl (C=O) groups excluding carboxylic acids is 1. The number of nitrogens with one attached hydrogen (secondary N) is 1. The van der Waals surface area contributed by atoms with Crippen LogP contribution >= 0.6 is 38.9 Å². The Balaban J connectivity index is 2.05. The molecule has 25 heavy (non-hydrogen) atoms. The summed E-state index contributed by atoms with van der Waals surface area (Å²) in [5.74, 6) is -0.245. The molecule has 1 N–H and O–H groups in total. The highest BCUT2D eigenvalue weighted by atomic mass is 79.9. The summed E-state index contributed by atoms with van der Waals surface area (Å²) in [5.41, 5.74) is 0.296. The molecule has 5 nitrogen and oxygen atoms in total. The summed E-state index contributed by atoms with van der Waals surface area (Å²) in [7, 11) is -3.37. The summed E-state index contributed by atoms with van der Waals surface area (Å²) >= 11 is 11.1. The minimum absolute atomic E-state index is 0.114. The number of benzene rings is 1. The Kier molecular flexibility index (Phi) is 7.04. The zero-order chi connectivity index (χ0) is 18.6. The van der Waals surface area contributed by atoms with Gasteiger partial charge in [-0.25, -0.2) is 8.42 Å². The first-order chi connectivity index (χ1) is 11.7. The van der Waals surface area contributed by atoms with E-state index in [1.807, 2.05) is 24.0 Å². The van der Waals surface area contributed by atoms with Gasteiger partial charge in [-0.2, -0.15) is 0 Å². The van der Waals surface area contributed by atoms with Gasteiger partial charge in [-0.1, -0.05) is 18.5 Å². The number of nitrogens with zero attached hydrogens (tertiary/aromatic N) is 1. The lowest BCUT2D eigenvalue weighted by Crippen LogP contribution is -2.32. The summed E-state index contributed by atoms with van der Waals surface area (Å²) in [6, 6.07) is 8.25. The maximum absolute atomic E-state index is 12.3. The molecule has 0 saturated heterocycles. The van der Waals surface area contributed by atoms with Gasteiger partial charge >= 0.3 is 0 Å². The lowest BCUT2D eigenvalue weighted by Gasteiger charge is -2.19. The van der Waals surface area contributed by atoms with Crippen molar-refractivity contribution >= 4 is 60.3 Å². The number of sulfone groups is 1. The van der Waals surface area contributed by atoms with Gasteiger partial charge in [0, 0.05) is 17.7 Å². The summed E-state index contributed by atoms with van der Waals surface area (Å²) in [4.78, 5) is 15.6. The van der Waals surface area contributed by atoms with Crippen molar-refractivity contribution in [1.29, 1.82) is 0 Å². The summed E-state index contributed by atoms with van der Waals surface area (Å²) in [6.45, 7) is 3.54. The number of thiophene rings is 1. The molecule has 136 valence electrons. The second-order valence-corrected chi connectivity index (χ2v) is 10.4. The summed E-state index contributed by atoms with van der Waals surface area (Å²) < 4.78 is 24.3. The topological polar surface area (TPSA) is 66.5 Å². The minimum Gasteiger partial charge on any atom is -0.324 e. The Morgan fingerprint density at radius 3 is 2.60 bits per heavy atom. The third kappa shape index (κ3) is 6.07. The van der Waals surface area contributed by atoms with Crippen LogP contribution in [0, 0.1) is 0 Å². The van der Waals surface area contributed by atoms with Crippen molar-refractivity contribution in [3.05, 3.63) is 44.0 Å². The van der Waals surface area contributed by atoms with Crippen LogP contribution in [-0.2, 0) is 21.2 Å². The molecular formula is C16H18BrClN2O3S2. The Bertz CT molecular complexity index is 868. The molecule has 0 aliphatic rings. The smallest absolute Gasteiger partial charge is 0.238 e. The molecule has 0 aliphatic heterocycles. The van der Waals surface area contributed by atoms with Crippen molar-refractivity contribution in [2.45, 2.75) is 18.4 Å². The lowest BCUT2D eigenvalue weighted by molar-refractivity contribution is -0.117. The van der Waals surface area contributed by atoms with Gasteiger partial charge in [-0.3, -0.25) is 9.69 Å². The van der Waals surface area contributed by atoms with E-state index >= 15 is 0 Å². The van der Waals surface area contributed by atoms with Gasteiger partial charge in [0.15, 0.2) is 9.84 Å². The van der Waals surface area contributed by atoms with Crippen molar-refractivity contribution in [1.82, 2.24) is 4.90 Å². The highest BCUT2D eigenvalue weighted by Crippen LogP contribution is 2.26. The predicted molar refractivity (Wildman–Crippen MR) is 106 cm³/mol. The van der Waals surface area contributed by atoms with Crippen molar-refractivity contribution in [2.75, 3.05) is 24.7 Å². The van der Waals surface area contributed by atoms with E-state index in [4.69, 9.17) is 11.6 Å². The molecule has 0 aliphatic carbocycles. The van der Waals surface area contributed by atoms with E-state index < -0.39 is 9.84 Å². The minimum atomic E-state index is -3.37. The second-order valence-electron chi connectivity index (χ2n) is 5.47. The van der Waals surface area contributed by atoms with Gasteiger partial charge in [-0.15, -0.1) is 11.3 Å². The van der Waals surface area contributed by atoms with Gasteiger partial charge in [0.2, 0.25) is 5.91 Å². The first-order valence-electron chi connectivity index (χ1n) is 7.45. The highest BCUT2D eigenvalue weighted by Gasteiger charge is 2.15. The normalized spacial score (nSPS) is 11.7. The second kappa shape index (κ2) is 8.64. The van der Waals surface area contributed by atoms with Gasteiger partial charge in [0.1, 0.15) is 0 Å². The molecule has 0 atom stereocenters. The molecule has 0 radical (unpaired) electrons. The SMILES string of the molecule is CCN(CC(=O)Nc1cc(S(C)(=O)=O)ccc1Cl)Cc1ccc(Br)s1. The van der Waals surface area contributed by atoms with Crippen molar-refractivity contribution in [3.8, 4) is 0 Å². The third-order valence-corrected chi connectivity index (χ3v) is 6.51. The van der Waals surface area contributed by atoms with Crippen LogP contribution in [-0.4, -0.2) is 38.6 Å². The third-order valence-electron chi connectivity index (χ3n) is 3.46. The number of hydrogen-bond donors (Lipinski definition) is 1. The molecule has 0 bridgehead atoms. The molecule has 1 aromatic heterocycles. The van der Waals surface area contributed by atoms with E-state index in [0.717, 1.165) is 14.9 Å². The van der Waals surface area contributed by atoms with E-state index in [1.165, 1.54) is 18.2 Å². The number of halogens is 2. The predicted octanol–water partition coefficient (Wildman–Crippen LogP) is 4.03. The Morgan fingerprint density at radius 1 is 1.32 bits per heavy atom. The van der Waals surface area contributed by atoms with Crippen molar-refractivity contribution in [3.63, 3.8) is 0 Å². The van der Waals surface area contributed by atoms with E-state index in [9.17, 15) is 13.2 Å². The molecule has 0 unspecified atom stereocenters. The van der Waals surface area contributed by atoms with E-state index in [0.29, 0.717) is 23.8 Å². The molecule has 0 fully saturated rings. The Labute approximate surface area is 165 Å². The quantitative estimate of drug-likeness (QED) is 0.670. The van der Waals surface area contributed by atoms with Crippen molar-refractivity contribution in [2.24, 2.45) is 0 Å². The fourth-order valence-electron chi connectivity index (χ4n) is 2.16. The number of anilines is 1. The Hall–Kier alpha value is -0.930. The van der Waals surface area contributed by atoms with Crippen LogP contribution in [0.4, 0.5) is 5.69 Å². The van der Waals surface area contributed by atoms with Crippen LogP contribution < -0.4 is 5.32 Å². The van der Waals surface area contributed by atoms with Gasteiger partial charge in [0.05, 0.1) is 25.9 Å². The van der Waals surface area contributed by atoms with Gasteiger partial charge in [-0.05, 0) is 52.8 Å². The zero-order valence-electron chi connectivity index (χ0n) is 13.8. The van der Waals surface area contributed by atoms with E-state index in [2.05, 4.69) is 21.2 Å². The molecular weight excluding hydrogens is 448 g/mol. The zero-order valence-corrected chi connectivity index (χ0v) is 17.7. The van der Waals surface area contributed by atoms with Crippen molar-refractivity contribution < 1.29 is 13.2 Å². The maximum Gasteiger partial charge on any atom is 0.238 e. The average Bonchev–Trinajstić information content (AvgIpc) is 2.92. The molecule has 0 spiro atoms. The highest BCUT2D eigenvalue weighted by molar-refractivity contribution is 9.11. The fraction of sp³-hybridized carbons (Fsp3) is 0.312. The number of carbonyl (C=O) groups is 1. The van der Waals surface area contributed by atoms with Crippen LogP contribution in [0.15, 0.2) is 39.0 Å². The number of amides is 1. The standard InChI is InChI=1S/C16H18BrClN2O3S2/c1-3-20(9-11-4-7-15(17)24-11)10-16(21)19-14-8-12(25(2,22)23)5-6-13(14)18/h4-8H,3,9-10H2,1-2H3,(H,19,21).